The van der Waals surface area contributed by atoms with Gasteiger partial charge in [-0.25, -0.2) is 4.98 Å². The van der Waals surface area contributed by atoms with Gasteiger partial charge in [0.15, 0.2) is 5.96 Å². The number of pyridine rings is 1. The molecular formula is C18H30F3IN6. The molecule has 1 aliphatic rings. The molecule has 6 nitrogen and oxygen atoms in total. The van der Waals surface area contributed by atoms with Crippen LogP contribution in [0.25, 0.3) is 0 Å². The third kappa shape index (κ3) is 10.3. The van der Waals surface area contributed by atoms with Gasteiger partial charge in [0.05, 0.1) is 6.54 Å². The molecule has 1 fully saturated rings. The minimum atomic E-state index is -4.14. The zero-order valence-electron chi connectivity index (χ0n) is 16.1. The molecule has 160 valence electrons. The minimum Gasteiger partial charge on any atom is -0.370 e. The minimum absolute atomic E-state index is 0. The number of hydrogen-bond acceptors (Lipinski definition) is 4. The van der Waals surface area contributed by atoms with E-state index in [2.05, 4.69) is 25.9 Å². The Morgan fingerprint density at radius 2 is 2.14 bits per heavy atom. The van der Waals surface area contributed by atoms with Crippen LogP contribution in [0, 0.1) is 0 Å². The van der Waals surface area contributed by atoms with Gasteiger partial charge in [0.2, 0.25) is 0 Å². The first kappa shape index (κ1) is 24.7. The highest BCUT2D eigenvalue weighted by molar-refractivity contribution is 14.0. The summed E-state index contributed by atoms with van der Waals surface area (Å²) in [6.45, 7) is 4.17. The normalized spacial score (nSPS) is 17.9. The van der Waals surface area contributed by atoms with E-state index < -0.39 is 12.7 Å². The molecule has 1 unspecified atom stereocenters. The van der Waals surface area contributed by atoms with Crippen LogP contribution in [0.1, 0.15) is 26.2 Å². The highest BCUT2D eigenvalue weighted by Crippen LogP contribution is 2.19. The number of guanidine groups is 1. The third-order valence-corrected chi connectivity index (χ3v) is 4.19. The average Bonchev–Trinajstić information content (AvgIpc) is 3.04. The van der Waals surface area contributed by atoms with Gasteiger partial charge in [-0.15, -0.1) is 24.0 Å². The molecule has 1 aromatic heterocycles. The maximum atomic E-state index is 12.5. The van der Waals surface area contributed by atoms with Crippen LogP contribution in [0.15, 0.2) is 29.4 Å². The molecule has 1 aliphatic heterocycles. The van der Waals surface area contributed by atoms with Crippen molar-refractivity contribution >= 4 is 35.8 Å². The Morgan fingerprint density at radius 3 is 2.82 bits per heavy atom. The lowest BCUT2D eigenvalue weighted by Crippen LogP contribution is -2.45. The zero-order valence-corrected chi connectivity index (χ0v) is 18.5. The quantitative estimate of drug-likeness (QED) is 0.205. The molecule has 0 aliphatic carbocycles. The summed E-state index contributed by atoms with van der Waals surface area (Å²) in [6.07, 6.45) is 0.175. The fourth-order valence-corrected chi connectivity index (χ4v) is 2.97. The van der Waals surface area contributed by atoms with Crippen LogP contribution in [-0.4, -0.2) is 67.3 Å². The van der Waals surface area contributed by atoms with Gasteiger partial charge >= 0.3 is 6.18 Å². The van der Waals surface area contributed by atoms with Crippen LogP contribution in [-0.2, 0) is 0 Å². The summed E-state index contributed by atoms with van der Waals surface area (Å²) in [5, 5.41) is 9.67. The highest BCUT2D eigenvalue weighted by atomic mass is 127. The number of anilines is 1. The van der Waals surface area contributed by atoms with E-state index in [1.807, 2.05) is 25.1 Å². The lowest BCUT2D eigenvalue weighted by molar-refractivity contribution is -0.143. The van der Waals surface area contributed by atoms with Crippen LogP contribution in [0.2, 0.25) is 0 Å². The Morgan fingerprint density at radius 1 is 1.32 bits per heavy atom. The molecule has 1 saturated heterocycles. The summed E-state index contributed by atoms with van der Waals surface area (Å²) in [6, 6.07) is 5.74. The van der Waals surface area contributed by atoms with E-state index in [9.17, 15) is 13.2 Å². The maximum Gasteiger partial charge on any atom is 0.401 e. The van der Waals surface area contributed by atoms with Gasteiger partial charge in [0.1, 0.15) is 5.82 Å². The fraction of sp³-hybridized carbons (Fsp3) is 0.667. The van der Waals surface area contributed by atoms with E-state index in [0.29, 0.717) is 38.6 Å². The number of nitrogens with one attached hydrogen (secondary N) is 3. The van der Waals surface area contributed by atoms with Gasteiger partial charge in [-0.2, -0.15) is 13.2 Å². The predicted octanol–water partition coefficient (Wildman–Crippen LogP) is 3.08. The molecule has 0 amide bonds. The van der Waals surface area contributed by atoms with Crippen molar-refractivity contribution in [2.75, 3.05) is 44.6 Å². The van der Waals surface area contributed by atoms with E-state index in [-0.39, 0.29) is 30.0 Å². The van der Waals surface area contributed by atoms with Crippen LogP contribution in [0.4, 0.5) is 19.0 Å². The maximum absolute atomic E-state index is 12.5. The SMILES string of the molecule is CCNC(=NCCCCNc1ccccn1)NC1CCN(CC(F)(F)F)C1.I. The molecule has 28 heavy (non-hydrogen) atoms. The van der Waals surface area contributed by atoms with Crippen molar-refractivity contribution in [3.63, 3.8) is 0 Å². The molecule has 1 atom stereocenters. The molecule has 0 spiro atoms. The number of aliphatic imine (C=N–C) groups is 1. The number of aromatic nitrogens is 1. The van der Waals surface area contributed by atoms with Crippen molar-refractivity contribution in [2.24, 2.45) is 4.99 Å². The Hall–Kier alpha value is -1.30. The Balaban J connectivity index is 0.00000392. The Kier molecular flexibility index (Phi) is 11.5. The number of unbranched alkanes of at least 4 members (excludes halogenated alkanes) is 1. The number of alkyl halides is 3. The average molecular weight is 514 g/mol. The fourth-order valence-electron chi connectivity index (χ4n) is 2.97. The molecule has 0 radical (unpaired) electrons. The van der Waals surface area contributed by atoms with Crippen molar-refractivity contribution in [1.82, 2.24) is 20.5 Å². The molecule has 1 aromatic rings. The monoisotopic (exact) mass is 514 g/mol. The number of halogens is 4. The van der Waals surface area contributed by atoms with E-state index in [1.54, 1.807) is 6.20 Å². The van der Waals surface area contributed by atoms with Gasteiger partial charge in [0, 0.05) is 45.0 Å². The van der Waals surface area contributed by atoms with Gasteiger partial charge < -0.3 is 16.0 Å². The van der Waals surface area contributed by atoms with Crippen molar-refractivity contribution in [2.45, 2.75) is 38.4 Å². The van der Waals surface area contributed by atoms with Gasteiger partial charge in [-0.05, 0) is 38.3 Å². The van der Waals surface area contributed by atoms with Crippen LogP contribution in [0.5, 0.6) is 0 Å². The molecule has 0 bridgehead atoms. The van der Waals surface area contributed by atoms with Crippen LogP contribution in [0.3, 0.4) is 0 Å². The summed E-state index contributed by atoms with van der Waals surface area (Å²) in [4.78, 5) is 10.2. The first-order valence-electron chi connectivity index (χ1n) is 9.45. The number of hydrogen-bond donors (Lipinski definition) is 3. The first-order valence-corrected chi connectivity index (χ1v) is 9.45. The summed E-state index contributed by atoms with van der Waals surface area (Å²) in [5.74, 6) is 1.54. The van der Waals surface area contributed by atoms with Crippen molar-refractivity contribution in [3.8, 4) is 0 Å². The zero-order chi connectivity index (χ0) is 19.5. The van der Waals surface area contributed by atoms with Crippen molar-refractivity contribution in [1.29, 1.82) is 0 Å². The first-order chi connectivity index (χ1) is 13.0. The van der Waals surface area contributed by atoms with Gasteiger partial charge in [0.25, 0.3) is 0 Å². The summed E-state index contributed by atoms with van der Waals surface area (Å²) >= 11 is 0. The molecular weight excluding hydrogens is 484 g/mol. The Labute approximate surface area is 181 Å². The van der Waals surface area contributed by atoms with Crippen LogP contribution < -0.4 is 16.0 Å². The molecule has 0 aromatic carbocycles. The smallest absolute Gasteiger partial charge is 0.370 e. The lowest BCUT2D eigenvalue weighted by Gasteiger charge is -2.19. The lowest BCUT2D eigenvalue weighted by atomic mass is 10.3. The largest absolute Gasteiger partial charge is 0.401 e. The van der Waals surface area contributed by atoms with Crippen LogP contribution >= 0.6 is 24.0 Å². The highest BCUT2D eigenvalue weighted by Gasteiger charge is 2.34. The third-order valence-electron chi connectivity index (χ3n) is 4.19. The van der Waals surface area contributed by atoms with Gasteiger partial charge in [-0.3, -0.25) is 9.89 Å². The molecule has 0 saturated carbocycles. The van der Waals surface area contributed by atoms with E-state index in [4.69, 9.17) is 0 Å². The Bertz CT molecular complexity index is 570. The second kappa shape index (κ2) is 13.0. The molecule has 2 rings (SSSR count). The van der Waals surface area contributed by atoms with Crippen molar-refractivity contribution < 1.29 is 13.2 Å². The number of rotatable bonds is 9. The van der Waals surface area contributed by atoms with Crippen molar-refractivity contribution in [3.05, 3.63) is 24.4 Å². The second-order valence-electron chi connectivity index (χ2n) is 6.59. The van der Waals surface area contributed by atoms with E-state index >= 15 is 0 Å². The number of nitrogens with zero attached hydrogens (tertiary/aromatic N) is 3. The number of likely N-dealkylation sites (tertiary alicyclic amines) is 1. The molecule has 10 heteroatoms. The topological polar surface area (TPSA) is 64.6 Å². The summed E-state index contributed by atoms with van der Waals surface area (Å²) in [5.41, 5.74) is 0. The van der Waals surface area contributed by atoms with E-state index in [0.717, 1.165) is 25.2 Å². The second-order valence-corrected chi connectivity index (χ2v) is 6.59. The summed E-state index contributed by atoms with van der Waals surface area (Å²) in [7, 11) is 0. The molecule has 3 N–H and O–H groups in total. The standard InChI is InChI=1S/C18H29F3N6.HI/c1-2-22-17(26-15-8-12-27(13-15)14-18(19,20)21)25-11-6-5-10-24-16-7-3-4-9-23-16;/h3-4,7,9,15H,2,5-6,8,10-14H2,1H3,(H,23,24)(H2,22,25,26);1H. The van der Waals surface area contributed by atoms with E-state index in [1.165, 1.54) is 4.90 Å². The molecule has 2 heterocycles. The predicted molar refractivity (Wildman–Crippen MR) is 117 cm³/mol. The van der Waals surface area contributed by atoms with Gasteiger partial charge in [-0.1, -0.05) is 6.07 Å². The summed E-state index contributed by atoms with van der Waals surface area (Å²) < 4.78 is 37.5.